The first kappa shape index (κ1) is 11.4. The van der Waals surface area contributed by atoms with Crippen molar-refractivity contribution in [3.05, 3.63) is 0 Å². The predicted octanol–water partition coefficient (Wildman–Crippen LogP) is 2.99. The molecule has 0 fully saturated rings. The van der Waals surface area contributed by atoms with E-state index in [1.165, 1.54) is 0 Å². The molecule has 0 N–H and O–H groups in total. The van der Waals surface area contributed by atoms with Crippen molar-refractivity contribution in [1.82, 2.24) is 0 Å². The van der Waals surface area contributed by atoms with Crippen LogP contribution < -0.4 is 0 Å². The molecule has 3 heteroatoms. The van der Waals surface area contributed by atoms with E-state index in [0.29, 0.717) is 5.04 Å². The highest BCUT2D eigenvalue weighted by Crippen LogP contribution is 2.36. The van der Waals surface area contributed by atoms with Crippen molar-refractivity contribution in [2.24, 2.45) is 0 Å². The zero-order chi connectivity index (χ0) is 9.28. The largest absolute Gasteiger partial charge is 0.458 e. The van der Waals surface area contributed by atoms with E-state index in [1.807, 2.05) is 0 Å². The van der Waals surface area contributed by atoms with Gasteiger partial charge in [0.15, 0.2) is 17.4 Å². The van der Waals surface area contributed by atoms with Gasteiger partial charge in [0.1, 0.15) is 0 Å². The van der Waals surface area contributed by atoms with Gasteiger partial charge in [-0.25, -0.2) is 0 Å². The maximum absolute atomic E-state index is 6.08. The normalized spacial score (nSPS) is 14.2. The summed E-state index contributed by atoms with van der Waals surface area (Å²) in [6.45, 7) is 16.0. The molecule has 0 aromatic heterocycles. The van der Waals surface area contributed by atoms with Gasteiger partial charge in [-0.15, -0.1) is 0 Å². The molecule has 0 spiro atoms. The topological polar surface area (TPSA) is 9.23 Å². The quantitative estimate of drug-likeness (QED) is 0.608. The van der Waals surface area contributed by atoms with Crippen LogP contribution in [0.25, 0.3) is 0 Å². The Hall–Kier alpha value is 0.394. The Morgan fingerprint density at radius 2 is 1.45 bits per heavy atom. The minimum atomic E-state index is -1.41. The fourth-order valence-electron chi connectivity index (χ4n) is 0.766. The second-order valence-electron chi connectivity index (χ2n) is 4.93. The molecule has 0 bridgehead atoms. The summed E-state index contributed by atoms with van der Waals surface area (Å²) in [4.78, 5) is 0. The highest BCUT2D eigenvalue weighted by molar-refractivity contribution is 6.80. The second kappa shape index (κ2) is 3.41. The van der Waals surface area contributed by atoms with Crippen molar-refractivity contribution >= 4 is 17.4 Å². The first-order chi connectivity index (χ1) is 4.67. The lowest BCUT2D eigenvalue weighted by molar-refractivity contribution is 0.507. The summed E-state index contributed by atoms with van der Waals surface area (Å²) in [6, 6.07) is 0. The summed E-state index contributed by atoms with van der Waals surface area (Å²) >= 11 is 0. The molecule has 0 aliphatic heterocycles. The molecule has 0 aromatic carbocycles. The summed E-state index contributed by atoms with van der Waals surface area (Å²) < 4.78 is 6.08. The SMILES string of the molecule is C[SiH](C)O[Si](C)(C)C(C)(C)C. The molecular weight excluding hydrogens is 168 g/mol. The van der Waals surface area contributed by atoms with E-state index < -0.39 is 17.4 Å². The van der Waals surface area contributed by atoms with E-state index >= 15 is 0 Å². The van der Waals surface area contributed by atoms with Crippen LogP contribution in [0.4, 0.5) is 0 Å². The third kappa shape index (κ3) is 3.53. The van der Waals surface area contributed by atoms with Gasteiger partial charge in [0.25, 0.3) is 0 Å². The Labute approximate surface area is 74.0 Å². The zero-order valence-electron chi connectivity index (χ0n) is 8.99. The van der Waals surface area contributed by atoms with Crippen LogP contribution in [0.3, 0.4) is 0 Å². The first-order valence-electron chi connectivity index (χ1n) is 4.34. The van der Waals surface area contributed by atoms with Crippen LogP contribution in [-0.2, 0) is 4.12 Å². The van der Waals surface area contributed by atoms with Gasteiger partial charge in [0.2, 0.25) is 0 Å². The van der Waals surface area contributed by atoms with Gasteiger partial charge in [-0.2, -0.15) is 0 Å². The predicted molar refractivity (Wildman–Crippen MR) is 57.2 cm³/mol. The Morgan fingerprint density at radius 3 is 1.55 bits per heavy atom. The Balaban J connectivity index is 4.22. The fraction of sp³-hybridized carbons (Fsp3) is 1.00. The molecule has 1 nitrogen and oxygen atoms in total. The van der Waals surface area contributed by atoms with E-state index in [0.717, 1.165) is 0 Å². The van der Waals surface area contributed by atoms with Crippen LogP contribution in [0.5, 0.6) is 0 Å². The molecule has 0 saturated heterocycles. The molecule has 68 valence electrons. The van der Waals surface area contributed by atoms with Gasteiger partial charge >= 0.3 is 0 Å². The van der Waals surface area contributed by atoms with Crippen LogP contribution in [0.1, 0.15) is 20.8 Å². The Morgan fingerprint density at radius 1 is 1.09 bits per heavy atom. The van der Waals surface area contributed by atoms with Crippen molar-refractivity contribution in [3.8, 4) is 0 Å². The Kier molecular flexibility index (Phi) is 3.53. The molecule has 0 rings (SSSR count). The van der Waals surface area contributed by atoms with Crippen LogP contribution in [-0.4, -0.2) is 17.4 Å². The molecule has 0 heterocycles. The van der Waals surface area contributed by atoms with Crippen molar-refractivity contribution in [2.45, 2.75) is 52.0 Å². The van der Waals surface area contributed by atoms with Crippen molar-refractivity contribution in [3.63, 3.8) is 0 Å². The maximum atomic E-state index is 6.08. The summed E-state index contributed by atoms with van der Waals surface area (Å²) in [5, 5.41) is 0.379. The molecular formula is C8H22OSi2. The van der Waals surface area contributed by atoms with Crippen LogP contribution in [0, 0.1) is 0 Å². The monoisotopic (exact) mass is 190 g/mol. The third-order valence-electron chi connectivity index (χ3n) is 2.34. The van der Waals surface area contributed by atoms with Crippen LogP contribution in [0.2, 0.25) is 31.2 Å². The number of hydrogen-bond acceptors (Lipinski definition) is 1. The average Bonchev–Trinajstić information content (AvgIpc) is 1.56. The molecule has 0 saturated carbocycles. The van der Waals surface area contributed by atoms with Gasteiger partial charge in [-0.1, -0.05) is 20.8 Å². The fourth-order valence-corrected chi connectivity index (χ4v) is 6.89. The number of rotatable bonds is 2. The number of hydrogen-bond donors (Lipinski definition) is 0. The van der Waals surface area contributed by atoms with E-state index in [2.05, 4.69) is 47.0 Å². The molecule has 0 radical (unpaired) electrons. The molecule has 11 heavy (non-hydrogen) atoms. The minimum Gasteiger partial charge on any atom is -0.458 e. The van der Waals surface area contributed by atoms with Crippen molar-refractivity contribution < 1.29 is 4.12 Å². The Bertz CT molecular complexity index is 125. The van der Waals surface area contributed by atoms with Crippen LogP contribution >= 0.6 is 0 Å². The second-order valence-corrected chi connectivity index (χ2v) is 12.5. The summed E-state index contributed by atoms with van der Waals surface area (Å²) in [7, 11) is -2.24. The summed E-state index contributed by atoms with van der Waals surface area (Å²) in [5.74, 6) is 0. The molecule has 0 amide bonds. The highest BCUT2D eigenvalue weighted by atomic mass is 28.4. The zero-order valence-corrected chi connectivity index (χ0v) is 11.1. The average molecular weight is 190 g/mol. The maximum Gasteiger partial charge on any atom is 0.178 e. The molecule has 0 aliphatic carbocycles. The van der Waals surface area contributed by atoms with Gasteiger partial charge in [-0.3, -0.25) is 0 Å². The lowest BCUT2D eigenvalue weighted by Crippen LogP contribution is -2.43. The summed E-state index contributed by atoms with van der Waals surface area (Å²) in [6.07, 6.45) is 0. The lowest BCUT2D eigenvalue weighted by Gasteiger charge is -2.38. The van der Waals surface area contributed by atoms with E-state index in [9.17, 15) is 0 Å². The van der Waals surface area contributed by atoms with Gasteiger partial charge in [0, 0.05) is 0 Å². The molecule has 0 aliphatic rings. The smallest absolute Gasteiger partial charge is 0.178 e. The van der Waals surface area contributed by atoms with Gasteiger partial charge in [0.05, 0.1) is 0 Å². The lowest BCUT2D eigenvalue weighted by atomic mass is 10.2. The standard InChI is InChI=1S/C8H22OSi2/c1-8(2,3)11(6,7)9-10(4)5/h10H,1-7H3. The van der Waals surface area contributed by atoms with Crippen molar-refractivity contribution in [2.75, 3.05) is 0 Å². The van der Waals surface area contributed by atoms with Crippen molar-refractivity contribution in [1.29, 1.82) is 0 Å². The molecule has 0 unspecified atom stereocenters. The minimum absolute atomic E-state index is 0.379. The first-order valence-corrected chi connectivity index (χ1v) is 10.0. The highest BCUT2D eigenvalue weighted by Gasteiger charge is 2.37. The van der Waals surface area contributed by atoms with E-state index in [-0.39, 0.29) is 0 Å². The van der Waals surface area contributed by atoms with E-state index in [4.69, 9.17) is 4.12 Å². The molecule has 0 atom stereocenters. The molecule has 0 aromatic rings. The summed E-state index contributed by atoms with van der Waals surface area (Å²) in [5.41, 5.74) is 0. The van der Waals surface area contributed by atoms with Crippen LogP contribution in [0.15, 0.2) is 0 Å². The van der Waals surface area contributed by atoms with Gasteiger partial charge in [-0.05, 0) is 31.2 Å². The third-order valence-corrected chi connectivity index (χ3v) is 10.2. The van der Waals surface area contributed by atoms with Gasteiger partial charge < -0.3 is 4.12 Å². The van der Waals surface area contributed by atoms with E-state index in [1.54, 1.807) is 0 Å².